The summed E-state index contributed by atoms with van der Waals surface area (Å²) in [5.74, 6) is 0.940. The van der Waals surface area contributed by atoms with Crippen molar-refractivity contribution in [1.29, 1.82) is 5.26 Å². The molecule has 1 N–H and O–H groups in total. The molecule has 1 atom stereocenters. The first-order valence-electron chi connectivity index (χ1n) is 7.03. The number of hydrogen-bond donors (Lipinski definition) is 1. The van der Waals surface area contributed by atoms with Crippen LogP contribution in [0.4, 0.5) is 0 Å². The average molecular weight is 242 g/mol. The van der Waals surface area contributed by atoms with Crippen LogP contribution >= 0.6 is 0 Å². The van der Waals surface area contributed by atoms with Crippen molar-refractivity contribution < 1.29 is 0 Å². The molecule has 0 bridgehead atoms. The highest BCUT2D eigenvalue weighted by molar-refractivity contribution is 5.33. The summed E-state index contributed by atoms with van der Waals surface area (Å²) < 4.78 is 0. The van der Waals surface area contributed by atoms with Crippen LogP contribution in [0.5, 0.6) is 0 Å². The van der Waals surface area contributed by atoms with Gasteiger partial charge in [0.05, 0.1) is 11.6 Å². The van der Waals surface area contributed by atoms with Gasteiger partial charge in [0.15, 0.2) is 0 Å². The molecule has 96 valence electrons. The van der Waals surface area contributed by atoms with Crippen molar-refractivity contribution in [3.63, 3.8) is 0 Å². The van der Waals surface area contributed by atoms with Gasteiger partial charge < -0.3 is 5.32 Å². The van der Waals surface area contributed by atoms with Crippen molar-refractivity contribution in [2.75, 3.05) is 6.54 Å². The van der Waals surface area contributed by atoms with E-state index >= 15 is 0 Å². The molecule has 1 fully saturated rings. The fourth-order valence-corrected chi connectivity index (χ4v) is 2.80. The summed E-state index contributed by atoms with van der Waals surface area (Å²) in [6.07, 6.45) is 6.97. The van der Waals surface area contributed by atoms with E-state index in [-0.39, 0.29) is 0 Å². The molecule has 2 heteroatoms. The van der Waals surface area contributed by atoms with Crippen LogP contribution < -0.4 is 5.32 Å². The Bertz CT molecular complexity index is 413. The van der Waals surface area contributed by atoms with Crippen molar-refractivity contribution in [2.45, 2.75) is 45.1 Å². The van der Waals surface area contributed by atoms with E-state index in [1.165, 1.54) is 37.7 Å². The van der Waals surface area contributed by atoms with Gasteiger partial charge >= 0.3 is 0 Å². The normalized spacial score (nSPS) is 17.6. The summed E-state index contributed by atoms with van der Waals surface area (Å²) in [5.41, 5.74) is 1.96. The third-order valence-electron chi connectivity index (χ3n) is 3.99. The maximum Gasteiger partial charge on any atom is 0.0991 e. The summed E-state index contributed by atoms with van der Waals surface area (Å²) in [6.45, 7) is 3.26. The molecular formula is C16H22N2. The number of nitriles is 1. The first kappa shape index (κ1) is 13.1. The average Bonchev–Trinajstić information content (AvgIpc) is 2.92. The zero-order valence-electron chi connectivity index (χ0n) is 11.2. The van der Waals surface area contributed by atoms with Crippen LogP contribution in [0.2, 0.25) is 0 Å². The zero-order valence-corrected chi connectivity index (χ0v) is 11.2. The third kappa shape index (κ3) is 3.58. The molecule has 0 aromatic heterocycles. The van der Waals surface area contributed by atoms with Crippen LogP contribution in [0, 0.1) is 17.2 Å². The topological polar surface area (TPSA) is 35.8 Å². The number of benzene rings is 1. The van der Waals surface area contributed by atoms with E-state index in [9.17, 15) is 0 Å². The van der Waals surface area contributed by atoms with Crippen molar-refractivity contribution in [2.24, 2.45) is 5.92 Å². The predicted molar refractivity (Wildman–Crippen MR) is 74.1 cm³/mol. The molecule has 1 saturated carbocycles. The molecule has 0 amide bonds. The minimum absolute atomic E-state index is 0.333. The number of nitrogens with zero attached hydrogens (tertiary/aromatic N) is 1. The lowest BCUT2D eigenvalue weighted by atomic mass is 10.0. The minimum atomic E-state index is 0.333. The molecule has 0 aliphatic heterocycles. The van der Waals surface area contributed by atoms with Gasteiger partial charge in [-0.2, -0.15) is 5.26 Å². The molecule has 18 heavy (non-hydrogen) atoms. The second kappa shape index (κ2) is 6.56. The maximum atomic E-state index is 8.89. The summed E-state index contributed by atoms with van der Waals surface area (Å²) >= 11 is 0. The number of nitrogens with one attached hydrogen (secondary N) is 1. The Kier molecular flexibility index (Phi) is 4.78. The van der Waals surface area contributed by atoms with Gasteiger partial charge in [-0.15, -0.1) is 0 Å². The number of rotatable bonds is 5. The van der Waals surface area contributed by atoms with Gasteiger partial charge in [0.25, 0.3) is 0 Å². The van der Waals surface area contributed by atoms with Crippen LogP contribution in [-0.2, 0) is 0 Å². The smallest absolute Gasteiger partial charge is 0.0991 e. The molecule has 0 saturated heterocycles. The summed E-state index contributed by atoms with van der Waals surface area (Å²) in [6, 6.07) is 10.4. The SMILES string of the molecule is CC(NCCC1CCCC1)c1cccc(C#N)c1. The first-order valence-corrected chi connectivity index (χ1v) is 7.03. The molecule has 1 aromatic carbocycles. The van der Waals surface area contributed by atoms with Crippen molar-refractivity contribution in [1.82, 2.24) is 5.32 Å². The fourth-order valence-electron chi connectivity index (χ4n) is 2.80. The highest BCUT2D eigenvalue weighted by Gasteiger charge is 2.14. The van der Waals surface area contributed by atoms with Gasteiger partial charge in [-0.1, -0.05) is 37.8 Å². The fraction of sp³-hybridized carbons (Fsp3) is 0.562. The van der Waals surface area contributed by atoms with E-state index in [1.807, 2.05) is 18.2 Å². The van der Waals surface area contributed by atoms with E-state index in [2.05, 4.69) is 24.4 Å². The van der Waals surface area contributed by atoms with Gasteiger partial charge in [0.2, 0.25) is 0 Å². The Hall–Kier alpha value is -1.33. The number of hydrogen-bond acceptors (Lipinski definition) is 2. The standard InChI is InChI=1S/C16H22N2/c1-13(16-8-4-7-15(11-16)12-17)18-10-9-14-5-2-3-6-14/h4,7-8,11,13-14,18H,2-3,5-6,9-10H2,1H3. The minimum Gasteiger partial charge on any atom is -0.310 e. The monoisotopic (exact) mass is 242 g/mol. The van der Waals surface area contributed by atoms with Crippen LogP contribution in [0.1, 0.15) is 56.2 Å². The molecule has 2 nitrogen and oxygen atoms in total. The molecule has 0 spiro atoms. The van der Waals surface area contributed by atoms with E-state index in [0.717, 1.165) is 18.0 Å². The van der Waals surface area contributed by atoms with Crippen LogP contribution in [0.25, 0.3) is 0 Å². The van der Waals surface area contributed by atoms with Gasteiger partial charge in [0.1, 0.15) is 0 Å². The molecule has 2 rings (SSSR count). The molecule has 1 aromatic rings. The maximum absolute atomic E-state index is 8.89. The van der Waals surface area contributed by atoms with Crippen LogP contribution in [0.15, 0.2) is 24.3 Å². The van der Waals surface area contributed by atoms with Crippen molar-refractivity contribution in [3.8, 4) is 6.07 Å². The Balaban J connectivity index is 1.79. The lowest BCUT2D eigenvalue weighted by Crippen LogP contribution is -2.21. The Morgan fingerprint density at radius 3 is 2.89 bits per heavy atom. The Morgan fingerprint density at radius 1 is 1.39 bits per heavy atom. The van der Waals surface area contributed by atoms with Crippen molar-refractivity contribution in [3.05, 3.63) is 35.4 Å². The van der Waals surface area contributed by atoms with Gasteiger partial charge in [-0.25, -0.2) is 0 Å². The predicted octanol–water partition coefficient (Wildman–Crippen LogP) is 3.79. The molecule has 1 aliphatic rings. The van der Waals surface area contributed by atoms with E-state index < -0.39 is 0 Å². The largest absolute Gasteiger partial charge is 0.310 e. The van der Waals surface area contributed by atoms with Gasteiger partial charge in [-0.3, -0.25) is 0 Å². The molecule has 0 heterocycles. The second-order valence-corrected chi connectivity index (χ2v) is 5.35. The molecule has 1 unspecified atom stereocenters. The second-order valence-electron chi connectivity index (χ2n) is 5.35. The summed E-state index contributed by atoms with van der Waals surface area (Å²) in [4.78, 5) is 0. The molecular weight excluding hydrogens is 220 g/mol. The Morgan fingerprint density at radius 2 is 2.17 bits per heavy atom. The highest BCUT2D eigenvalue weighted by Crippen LogP contribution is 2.27. The van der Waals surface area contributed by atoms with Gasteiger partial charge in [-0.05, 0) is 43.5 Å². The summed E-state index contributed by atoms with van der Waals surface area (Å²) in [5, 5.41) is 12.5. The lowest BCUT2D eigenvalue weighted by molar-refractivity contribution is 0.455. The third-order valence-corrected chi connectivity index (χ3v) is 3.99. The molecule has 0 radical (unpaired) electrons. The quantitative estimate of drug-likeness (QED) is 0.852. The first-order chi connectivity index (χ1) is 8.79. The lowest BCUT2D eigenvalue weighted by Gasteiger charge is -2.16. The van der Waals surface area contributed by atoms with Gasteiger partial charge in [0, 0.05) is 6.04 Å². The Labute approximate surface area is 110 Å². The van der Waals surface area contributed by atoms with E-state index in [0.29, 0.717) is 6.04 Å². The van der Waals surface area contributed by atoms with E-state index in [4.69, 9.17) is 5.26 Å². The van der Waals surface area contributed by atoms with Crippen LogP contribution in [0.3, 0.4) is 0 Å². The molecule has 1 aliphatic carbocycles. The van der Waals surface area contributed by atoms with Crippen molar-refractivity contribution >= 4 is 0 Å². The highest BCUT2D eigenvalue weighted by atomic mass is 14.9. The zero-order chi connectivity index (χ0) is 12.8. The van der Waals surface area contributed by atoms with E-state index in [1.54, 1.807) is 0 Å². The van der Waals surface area contributed by atoms with Crippen LogP contribution in [-0.4, -0.2) is 6.54 Å². The summed E-state index contributed by atoms with van der Waals surface area (Å²) in [7, 11) is 0.